The second kappa shape index (κ2) is 17.1. The van der Waals surface area contributed by atoms with E-state index >= 15 is 13.2 Å². The van der Waals surface area contributed by atoms with Gasteiger partial charge in [0, 0.05) is 87.0 Å². The van der Waals surface area contributed by atoms with Crippen LogP contribution in [0.4, 0.5) is 36.3 Å². The number of hydrogen-bond acceptors (Lipinski definition) is 12. The number of aromatic nitrogens is 3. The van der Waals surface area contributed by atoms with Gasteiger partial charge < -0.3 is 39.5 Å². The van der Waals surface area contributed by atoms with E-state index in [-0.39, 0.29) is 94.9 Å². The Labute approximate surface area is 377 Å². The number of amides is 4. The van der Waals surface area contributed by atoms with Crippen LogP contribution >= 0.6 is 11.6 Å². The molecule has 65 heavy (non-hydrogen) atoms. The van der Waals surface area contributed by atoms with Crippen LogP contribution in [-0.2, 0) is 20.9 Å². The molecule has 5 aliphatic rings. The highest BCUT2D eigenvalue weighted by Gasteiger charge is 2.48. The molecule has 7 heterocycles. The molecule has 0 radical (unpaired) electrons. The first-order chi connectivity index (χ1) is 31.1. The van der Waals surface area contributed by atoms with Crippen molar-refractivity contribution in [2.75, 3.05) is 74.6 Å². The maximum absolute atomic E-state index is 16.5. The number of ether oxygens (including phenoxy) is 1. The van der Waals surface area contributed by atoms with Crippen molar-refractivity contribution >= 4 is 69.3 Å². The molecule has 0 saturated carbocycles. The van der Waals surface area contributed by atoms with Gasteiger partial charge in [-0.15, -0.1) is 0 Å². The fourth-order valence-corrected chi connectivity index (χ4v) is 10.1. The van der Waals surface area contributed by atoms with Crippen LogP contribution in [0.15, 0.2) is 41.3 Å². The number of nitrogens with zero attached hydrogens (tertiary/aromatic N) is 7. The zero-order chi connectivity index (χ0) is 45.9. The number of benzene rings is 2. The number of imide groups is 1. The number of rotatable bonds is 11. The van der Waals surface area contributed by atoms with E-state index in [0.29, 0.717) is 56.4 Å². The molecular formula is C45H50ClF3N10O6. The predicted molar refractivity (Wildman–Crippen MR) is 236 cm³/mol. The molecule has 2 aromatic heterocycles. The number of carbonyl (C=O) groups excluding carboxylic acids is 4. The third-order valence-electron chi connectivity index (χ3n) is 13.6. The highest BCUT2D eigenvalue weighted by atomic mass is 35.5. The highest BCUT2D eigenvalue weighted by molar-refractivity contribution is 6.33. The van der Waals surface area contributed by atoms with Gasteiger partial charge in [-0.25, -0.2) is 18.2 Å². The van der Waals surface area contributed by atoms with Gasteiger partial charge >= 0.3 is 0 Å². The van der Waals surface area contributed by atoms with Crippen molar-refractivity contribution in [1.29, 1.82) is 0 Å². The summed E-state index contributed by atoms with van der Waals surface area (Å²) in [5.74, 6) is -2.65. The van der Waals surface area contributed by atoms with Crippen LogP contribution in [0.25, 0.3) is 10.9 Å². The van der Waals surface area contributed by atoms with Gasteiger partial charge in [0.2, 0.25) is 17.8 Å². The Kier molecular flexibility index (Phi) is 11.7. The van der Waals surface area contributed by atoms with E-state index in [1.165, 1.54) is 34.8 Å². The number of carbonyl (C=O) groups is 4. The van der Waals surface area contributed by atoms with Crippen molar-refractivity contribution in [3.63, 3.8) is 0 Å². The highest BCUT2D eigenvalue weighted by Crippen LogP contribution is 2.45. The minimum absolute atomic E-state index is 0.0155. The van der Waals surface area contributed by atoms with Gasteiger partial charge in [-0.05, 0) is 76.5 Å². The Hall–Kier alpha value is -5.95. The van der Waals surface area contributed by atoms with Gasteiger partial charge in [0.15, 0.2) is 29.8 Å². The molecule has 1 atom stereocenters. The predicted octanol–water partition coefficient (Wildman–Crippen LogP) is 4.84. The minimum atomic E-state index is -1.43. The maximum Gasteiger partial charge on any atom is 0.293 e. The molecule has 1 unspecified atom stereocenters. The first kappa shape index (κ1) is 44.3. The quantitative estimate of drug-likeness (QED) is 0.175. The molecule has 344 valence electrons. The van der Waals surface area contributed by atoms with Crippen LogP contribution in [-0.4, -0.2) is 119 Å². The fourth-order valence-electron chi connectivity index (χ4n) is 9.94. The van der Waals surface area contributed by atoms with Crippen LogP contribution in [0.2, 0.25) is 5.02 Å². The topological polar surface area (TPSA) is 174 Å². The van der Waals surface area contributed by atoms with Crippen LogP contribution < -0.4 is 36.0 Å². The Morgan fingerprint density at radius 3 is 2.43 bits per heavy atom. The number of likely N-dealkylation sites (tertiary alicyclic amines) is 1. The Bertz CT molecular complexity index is 2660. The molecule has 1 spiro atoms. The summed E-state index contributed by atoms with van der Waals surface area (Å²) in [5.41, 5.74) is -0.636. The number of fused-ring (bicyclic) bond motifs is 2. The molecule has 9 rings (SSSR count). The fraction of sp³-hybridized carbons (Fsp3) is 0.489. The largest absolute Gasteiger partial charge is 0.478 e. The lowest BCUT2D eigenvalue weighted by atomic mass is 9.71. The standard InChI is InChI=1S/C45H50ClF3N10O6/c1-25(2)59-31-7-5-30(37(47)27(31)18-34(42(59)64)65-21-36(61)50-3)52-39-29(46)19-51-43(54-39)56-16-12-45(49,13-17-56)24-55-14-10-44(11-15-55)22-57(23-44)32-6-4-26-28(38(32)48)20-58(41(26)63)33-8-9-35(60)53-40(33)62/h4-7,18-19,25,33H,8-17,20-24H2,1-3H3,(H,50,61)(H,51,52,54)(H,53,60,62). The van der Waals surface area contributed by atoms with Gasteiger partial charge in [0.25, 0.3) is 17.4 Å². The van der Waals surface area contributed by atoms with Crippen LogP contribution in [0.5, 0.6) is 5.75 Å². The summed E-state index contributed by atoms with van der Waals surface area (Å²) in [4.78, 5) is 78.7. The second-order valence-corrected chi connectivity index (χ2v) is 18.6. The monoisotopic (exact) mass is 918 g/mol. The summed E-state index contributed by atoms with van der Waals surface area (Å²) in [5, 5.41) is 7.89. The van der Waals surface area contributed by atoms with E-state index in [0.717, 1.165) is 12.8 Å². The summed E-state index contributed by atoms with van der Waals surface area (Å²) in [6, 6.07) is 6.48. The molecule has 4 fully saturated rings. The average Bonchev–Trinajstić information content (AvgIpc) is 3.60. The number of halogens is 4. The number of pyridine rings is 1. The Morgan fingerprint density at radius 1 is 1.00 bits per heavy atom. The molecule has 20 heteroatoms. The molecule has 16 nitrogen and oxygen atoms in total. The van der Waals surface area contributed by atoms with Gasteiger partial charge in [0.1, 0.15) is 16.7 Å². The number of anilines is 4. The van der Waals surface area contributed by atoms with Crippen molar-refractivity contribution in [1.82, 2.24) is 35.0 Å². The zero-order valence-electron chi connectivity index (χ0n) is 36.3. The average molecular weight is 919 g/mol. The van der Waals surface area contributed by atoms with Crippen molar-refractivity contribution in [2.45, 2.75) is 76.7 Å². The second-order valence-electron chi connectivity index (χ2n) is 18.2. The van der Waals surface area contributed by atoms with Crippen molar-refractivity contribution in [2.24, 2.45) is 5.41 Å². The lowest BCUT2D eigenvalue weighted by Crippen LogP contribution is -2.61. The number of likely N-dealkylation sites (N-methyl/N-ethyl adjacent to an activating group) is 1. The molecular weight excluding hydrogens is 869 g/mol. The number of alkyl halides is 1. The molecule has 4 amide bonds. The molecule has 5 aliphatic heterocycles. The number of hydrogen-bond donors (Lipinski definition) is 3. The Morgan fingerprint density at radius 2 is 1.74 bits per heavy atom. The van der Waals surface area contributed by atoms with E-state index in [1.54, 1.807) is 32.0 Å². The zero-order valence-corrected chi connectivity index (χ0v) is 37.1. The first-order valence-electron chi connectivity index (χ1n) is 21.9. The number of nitrogens with one attached hydrogen (secondary N) is 3. The van der Waals surface area contributed by atoms with E-state index in [4.69, 9.17) is 16.3 Å². The first-order valence-corrected chi connectivity index (χ1v) is 22.3. The molecule has 0 bridgehead atoms. The molecule has 4 aromatic rings. The number of piperidine rings is 3. The van der Waals surface area contributed by atoms with E-state index < -0.39 is 53.2 Å². The Balaban J connectivity index is 0.791. The molecule has 0 aliphatic carbocycles. The van der Waals surface area contributed by atoms with E-state index in [9.17, 15) is 24.0 Å². The molecule has 4 saturated heterocycles. The summed E-state index contributed by atoms with van der Waals surface area (Å²) < 4.78 is 55.6. The van der Waals surface area contributed by atoms with Crippen molar-refractivity contribution < 1.29 is 37.1 Å². The van der Waals surface area contributed by atoms with Gasteiger partial charge in [-0.2, -0.15) is 4.98 Å². The summed E-state index contributed by atoms with van der Waals surface area (Å²) in [6.07, 6.45) is 3.93. The summed E-state index contributed by atoms with van der Waals surface area (Å²) in [7, 11) is 1.44. The van der Waals surface area contributed by atoms with Crippen LogP contribution in [0.3, 0.4) is 0 Å². The molecule has 3 N–H and O–H groups in total. The minimum Gasteiger partial charge on any atom is -0.478 e. The third-order valence-corrected chi connectivity index (χ3v) is 13.9. The van der Waals surface area contributed by atoms with Gasteiger partial charge in [0.05, 0.1) is 29.6 Å². The van der Waals surface area contributed by atoms with Crippen molar-refractivity contribution in [3.8, 4) is 5.75 Å². The maximum atomic E-state index is 16.5. The lowest BCUT2D eigenvalue weighted by molar-refractivity contribution is -0.137. The third kappa shape index (κ3) is 8.32. The van der Waals surface area contributed by atoms with Crippen LogP contribution in [0, 0.1) is 17.0 Å². The van der Waals surface area contributed by atoms with Gasteiger partial charge in [-0.1, -0.05) is 11.6 Å². The summed E-state index contributed by atoms with van der Waals surface area (Å²) in [6.45, 7) is 6.85. The summed E-state index contributed by atoms with van der Waals surface area (Å²) >= 11 is 6.50. The smallest absolute Gasteiger partial charge is 0.293 e. The lowest BCUT2D eigenvalue weighted by Gasteiger charge is -2.55. The van der Waals surface area contributed by atoms with Crippen LogP contribution in [0.1, 0.15) is 74.3 Å². The molecule has 2 aromatic carbocycles. The van der Waals surface area contributed by atoms with Crippen molar-refractivity contribution in [3.05, 3.63) is 74.7 Å². The van der Waals surface area contributed by atoms with Gasteiger partial charge in [-0.3, -0.25) is 29.3 Å². The normalized spacial score (nSPS) is 20.6. The van der Waals surface area contributed by atoms with E-state index in [2.05, 4.69) is 30.8 Å². The van der Waals surface area contributed by atoms with E-state index in [1.807, 2.05) is 9.80 Å². The SMILES string of the molecule is CNC(=O)COc1cc2c(F)c(Nc3nc(N4CCC(F)(CN5CCC6(CC5)CN(c5ccc7c(c5F)CN(C5CCC(=O)NC5=O)C7=O)C6)CC4)ncc3Cl)ccc2n(C(C)C)c1=O.